The Kier molecular flexibility index (Phi) is 8.43. The van der Waals surface area contributed by atoms with Crippen LogP contribution in [0.5, 0.6) is 5.75 Å². The maximum atomic E-state index is 12.4. The van der Waals surface area contributed by atoms with E-state index in [0.29, 0.717) is 18.4 Å². The molecular weight excluding hydrogens is 420 g/mol. The molecule has 5 nitrogen and oxygen atoms in total. The smallest absolute Gasteiger partial charge is 0.313 e. The Labute approximate surface area is 192 Å². The van der Waals surface area contributed by atoms with Gasteiger partial charge in [0, 0.05) is 6.42 Å². The molecule has 0 radical (unpaired) electrons. The first-order valence-corrected chi connectivity index (χ1v) is 13.9. The van der Waals surface area contributed by atoms with Crippen molar-refractivity contribution < 1.29 is 23.9 Å². The number of benzene rings is 2. The number of ketones is 1. The lowest BCUT2D eigenvalue weighted by Gasteiger charge is -2.36. The van der Waals surface area contributed by atoms with E-state index >= 15 is 0 Å². The van der Waals surface area contributed by atoms with Gasteiger partial charge in [0.25, 0.3) is 0 Å². The number of carbonyl (C=O) groups is 2. The van der Waals surface area contributed by atoms with Crippen molar-refractivity contribution in [2.75, 3.05) is 7.11 Å². The predicted octanol–water partition coefficient (Wildman–Crippen LogP) is 5.41. The van der Waals surface area contributed by atoms with Gasteiger partial charge in [-0.2, -0.15) is 0 Å². The van der Waals surface area contributed by atoms with Gasteiger partial charge in [-0.1, -0.05) is 63.2 Å². The minimum absolute atomic E-state index is 0.120. The molecule has 0 aliphatic carbocycles. The summed E-state index contributed by atoms with van der Waals surface area (Å²) < 4.78 is 10.9. The standard InChI is InChI=1S/C26H36O5Si/c1-25(2,3)32(5,6)31-23-14-12-20(13-15-23)16-17-26(29,21-10-8-7-9-11-21)19-22(27)18-24(28)30-4/h7-15,29H,16-19H2,1-6H3. The highest BCUT2D eigenvalue weighted by atomic mass is 28.4. The van der Waals surface area contributed by atoms with Crippen LogP contribution in [0.25, 0.3) is 0 Å². The molecule has 0 aromatic heterocycles. The Bertz CT molecular complexity index is 900. The Morgan fingerprint density at radius 1 is 0.969 bits per heavy atom. The molecule has 32 heavy (non-hydrogen) atoms. The molecular formula is C26H36O5Si. The number of hydrogen-bond donors (Lipinski definition) is 1. The molecule has 0 heterocycles. The Hall–Kier alpha value is -2.44. The van der Waals surface area contributed by atoms with Gasteiger partial charge < -0.3 is 14.3 Å². The number of rotatable bonds is 10. The molecule has 1 atom stereocenters. The second-order valence-corrected chi connectivity index (χ2v) is 14.6. The van der Waals surface area contributed by atoms with Gasteiger partial charge in [-0.15, -0.1) is 0 Å². The van der Waals surface area contributed by atoms with E-state index in [4.69, 9.17) is 4.43 Å². The van der Waals surface area contributed by atoms with Crippen LogP contribution >= 0.6 is 0 Å². The quantitative estimate of drug-likeness (QED) is 0.294. The van der Waals surface area contributed by atoms with Gasteiger partial charge >= 0.3 is 5.97 Å². The van der Waals surface area contributed by atoms with E-state index in [2.05, 4.69) is 38.6 Å². The molecule has 0 saturated carbocycles. The van der Waals surface area contributed by atoms with Crippen LogP contribution in [0.3, 0.4) is 0 Å². The third kappa shape index (κ3) is 7.04. The molecule has 0 fully saturated rings. The Morgan fingerprint density at radius 2 is 1.56 bits per heavy atom. The largest absolute Gasteiger partial charge is 0.544 e. The average Bonchev–Trinajstić information content (AvgIpc) is 2.72. The molecule has 1 N–H and O–H groups in total. The number of esters is 1. The summed E-state index contributed by atoms with van der Waals surface area (Å²) >= 11 is 0. The van der Waals surface area contributed by atoms with E-state index in [1.54, 1.807) is 0 Å². The van der Waals surface area contributed by atoms with Gasteiger partial charge in [-0.05, 0) is 54.2 Å². The van der Waals surface area contributed by atoms with Crippen LogP contribution in [-0.2, 0) is 26.3 Å². The molecule has 2 aromatic carbocycles. The van der Waals surface area contributed by atoms with Gasteiger partial charge in [0.1, 0.15) is 18.0 Å². The number of aryl methyl sites for hydroxylation is 1. The molecule has 0 spiro atoms. The second kappa shape index (κ2) is 10.4. The molecule has 6 heteroatoms. The third-order valence-corrected chi connectivity index (χ3v) is 10.7. The zero-order chi connectivity index (χ0) is 24.0. The summed E-state index contributed by atoms with van der Waals surface area (Å²) in [6.45, 7) is 11.1. The fourth-order valence-corrected chi connectivity index (χ4v) is 4.26. The highest BCUT2D eigenvalue weighted by molar-refractivity contribution is 6.74. The van der Waals surface area contributed by atoms with E-state index in [1.165, 1.54) is 7.11 Å². The van der Waals surface area contributed by atoms with Crippen molar-refractivity contribution in [3.63, 3.8) is 0 Å². The average molecular weight is 457 g/mol. The van der Waals surface area contributed by atoms with Gasteiger partial charge in [0.15, 0.2) is 0 Å². The Morgan fingerprint density at radius 3 is 2.09 bits per heavy atom. The van der Waals surface area contributed by atoms with Crippen LogP contribution in [-0.4, -0.2) is 32.3 Å². The number of hydrogen-bond acceptors (Lipinski definition) is 5. The van der Waals surface area contributed by atoms with Gasteiger partial charge in [0.05, 0.1) is 12.7 Å². The summed E-state index contributed by atoms with van der Waals surface area (Å²) in [4.78, 5) is 23.9. The fourth-order valence-electron chi connectivity index (χ4n) is 3.23. The minimum atomic E-state index is -1.91. The van der Waals surface area contributed by atoms with Crippen molar-refractivity contribution in [3.05, 3.63) is 65.7 Å². The zero-order valence-electron chi connectivity index (χ0n) is 20.1. The monoisotopic (exact) mass is 456 g/mol. The van der Waals surface area contributed by atoms with Crippen molar-refractivity contribution in [2.45, 2.75) is 70.2 Å². The van der Waals surface area contributed by atoms with E-state index in [-0.39, 0.29) is 23.7 Å². The van der Waals surface area contributed by atoms with Crippen molar-refractivity contribution in [2.24, 2.45) is 0 Å². The van der Waals surface area contributed by atoms with E-state index in [9.17, 15) is 14.7 Å². The van der Waals surface area contributed by atoms with Crippen LogP contribution < -0.4 is 4.43 Å². The molecule has 0 aliphatic heterocycles. The summed E-state index contributed by atoms with van der Waals surface area (Å²) in [5, 5.41) is 11.5. The second-order valence-electron chi connectivity index (χ2n) is 9.87. The van der Waals surface area contributed by atoms with E-state index < -0.39 is 19.9 Å². The lowest BCUT2D eigenvalue weighted by molar-refractivity contribution is -0.144. The van der Waals surface area contributed by atoms with Crippen LogP contribution in [0, 0.1) is 0 Å². The predicted molar refractivity (Wildman–Crippen MR) is 129 cm³/mol. The summed E-state index contributed by atoms with van der Waals surface area (Å²) in [7, 11) is -0.659. The highest BCUT2D eigenvalue weighted by Crippen LogP contribution is 2.37. The molecule has 1 unspecified atom stereocenters. The highest BCUT2D eigenvalue weighted by Gasteiger charge is 2.39. The summed E-state index contributed by atoms with van der Waals surface area (Å²) in [5.41, 5.74) is 0.348. The van der Waals surface area contributed by atoms with Crippen LogP contribution in [0.2, 0.25) is 18.1 Å². The topological polar surface area (TPSA) is 72.8 Å². The number of ether oxygens (including phenoxy) is 1. The van der Waals surface area contributed by atoms with E-state index in [1.807, 2.05) is 54.6 Å². The maximum Gasteiger partial charge on any atom is 0.313 e. The van der Waals surface area contributed by atoms with Crippen molar-refractivity contribution in [3.8, 4) is 5.75 Å². The van der Waals surface area contributed by atoms with Crippen molar-refractivity contribution >= 4 is 20.1 Å². The summed E-state index contributed by atoms with van der Waals surface area (Å²) in [6.07, 6.45) is 0.452. The summed E-state index contributed by atoms with van der Waals surface area (Å²) in [6, 6.07) is 17.1. The van der Waals surface area contributed by atoms with Crippen molar-refractivity contribution in [1.29, 1.82) is 0 Å². The first-order valence-electron chi connectivity index (χ1n) is 11.0. The van der Waals surface area contributed by atoms with E-state index in [0.717, 1.165) is 11.3 Å². The van der Waals surface area contributed by atoms with Gasteiger partial charge in [-0.25, -0.2) is 0 Å². The molecule has 2 rings (SSSR count). The third-order valence-electron chi connectivity index (χ3n) is 6.30. The van der Waals surface area contributed by atoms with Crippen LogP contribution in [0.1, 0.15) is 51.2 Å². The van der Waals surface area contributed by atoms with Gasteiger partial charge in [0.2, 0.25) is 8.32 Å². The Balaban J connectivity index is 2.12. The van der Waals surface area contributed by atoms with Gasteiger partial charge in [-0.3, -0.25) is 9.59 Å². The van der Waals surface area contributed by atoms with Crippen LogP contribution in [0.15, 0.2) is 54.6 Å². The summed E-state index contributed by atoms with van der Waals surface area (Å²) in [5.74, 6) is -0.0871. The lowest BCUT2D eigenvalue weighted by Crippen LogP contribution is -2.43. The SMILES string of the molecule is COC(=O)CC(=O)CC(O)(CCc1ccc(O[Si](C)(C)C(C)(C)C)cc1)c1ccccc1. The molecule has 0 saturated heterocycles. The number of aliphatic hydroxyl groups is 1. The number of carbonyl (C=O) groups excluding carboxylic acids is 2. The normalized spacial score (nSPS) is 13.8. The first kappa shape index (κ1) is 25.8. The fraction of sp³-hybridized carbons (Fsp3) is 0.462. The zero-order valence-corrected chi connectivity index (χ0v) is 21.1. The molecule has 2 aromatic rings. The van der Waals surface area contributed by atoms with Crippen LogP contribution in [0.4, 0.5) is 0 Å². The number of Topliss-reactive ketones (excluding diaryl/α,β-unsaturated/α-hetero) is 1. The molecule has 0 bridgehead atoms. The molecule has 174 valence electrons. The number of methoxy groups -OCH3 is 1. The first-order chi connectivity index (χ1) is 14.9. The maximum absolute atomic E-state index is 12.4. The minimum Gasteiger partial charge on any atom is -0.544 e. The molecule has 0 aliphatic rings. The van der Waals surface area contributed by atoms with Crippen molar-refractivity contribution in [1.82, 2.24) is 0 Å². The molecule has 0 amide bonds. The lowest BCUT2D eigenvalue weighted by atomic mass is 9.83.